The maximum atomic E-state index is 5.65. The van der Waals surface area contributed by atoms with Gasteiger partial charge in [-0.05, 0) is 49.4 Å². The number of nitrogens with zero attached hydrogens (tertiary/aromatic N) is 3. The number of aromatic nitrogens is 2. The standard InChI is InChI=1S/C10H18BrN5/c1-16(2)6-4-3-5-13-10-8(11)9(12)14-7-15-10/h7H,3-6H2,1-2H3,(H3,12,13,14,15). The molecule has 0 spiro atoms. The van der Waals surface area contributed by atoms with E-state index in [9.17, 15) is 0 Å². The lowest BCUT2D eigenvalue weighted by Gasteiger charge is -2.10. The summed E-state index contributed by atoms with van der Waals surface area (Å²) in [6, 6.07) is 0. The molecule has 90 valence electrons. The van der Waals surface area contributed by atoms with Gasteiger partial charge in [0.25, 0.3) is 0 Å². The highest BCUT2D eigenvalue weighted by molar-refractivity contribution is 9.10. The van der Waals surface area contributed by atoms with Crippen LogP contribution in [0.2, 0.25) is 0 Å². The maximum absolute atomic E-state index is 5.65. The van der Waals surface area contributed by atoms with Crippen molar-refractivity contribution in [2.24, 2.45) is 0 Å². The van der Waals surface area contributed by atoms with Crippen molar-refractivity contribution >= 4 is 27.6 Å². The number of anilines is 2. The first-order valence-electron chi connectivity index (χ1n) is 5.26. The van der Waals surface area contributed by atoms with Crippen LogP contribution in [0.15, 0.2) is 10.8 Å². The SMILES string of the molecule is CN(C)CCCCNc1ncnc(N)c1Br. The van der Waals surface area contributed by atoms with Gasteiger partial charge in [-0.2, -0.15) is 0 Å². The molecule has 1 aromatic rings. The van der Waals surface area contributed by atoms with Crippen molar-refractivity contribution in [1.82, 2.24) is 14.9 Å². The Balaban J connectivity index is 2.29. The molecule has 0 radical (unpaired) electrons. The molecule has 3 N–H and O–H groups in total. The number of hydrogen-bond donors (Lipinski definition) is 2. The summed E-state index contributed by atoms with van der Waals surface area (Å²) in [6.07, 6.45) is 3.73. The average Bonchev–Trinajstić information content (AvgIpc) is 2.23. The molecule has 0 aliphatic carbocycles. The Hall–Kier alpha value is -0.880. The summed E-state index contributed by atoms with van der Waals surface area (Å²) in [4.78, 5) is 10.2. The summed E-state index contributed by atoms with van der Waals surface area (Å²) in [5, 5.41) is 3.23. The van der Waals surface area contributed by atoms with Crippen molar-refractivity contribution in [2.45, 2.75) is 12.8 Å². The van der Waals surface area contributed by atoms with E-state index in [1.54, 1.807) is 0 Å². The fourth-order valence-corrected chi connectivity index (χ4v) is 1.61. The molecule has 0 saturated heterocycles. The fraction of sp³-hybridized carbons (Fsp3) is 0.600. The van der Waals surface area contributed by atoms with Gasteiger partial charge in [-0.15, -0.1) is 0 Å². The number of halogens is 1. The van der Waals surface area contributed by atoms with Crippen molar-refractivity contribution in [3.63, 3.8) is 0 Å². The number of nitrogens with two attached hydrogens (primary N) is 1. The first-order chi connectivity index (χ1) is 7.61. The van der Waals surface area contributed by atoms with E-state index in [1.807, 2.05) is 0 Å². The van der Waals surface area contributed by atoms with Crippen LogP contribution in [-0.2, 0) is 0 Å². The first-order valence-corrected chi connectivity index (χ1v) is 6.05. The molecule has 0 fully saturated rings. The molecule has 1 rings (SSSR count). The Bertz CT molecular complexity index is 329. The monoisotopic (exact) mass is 287 g/mol. The van der Waals surface area contributed by atoms with Gasteiger partial charge in [0.2, 0.25) is 0 Å². The van der Waals surface area contributed by atoms with E-state index in [-0.39, 0.29) is 0 Å². The Labute approximate surface area is 105 Å². The third kappa shape index (κ3) is 4.32. The van der Waals surface area contributed by atoms with Crippen LogP contribution < -0.4 is 11.1 Å². The number of nitrogens with one attached hydrogen (secondary N) is 1. The van der Waals surface area contributed by atoms with Crippen LogP contribution in [0.4, 0.5) is 11.6 Å². The number of rotatable bonds is 6. The van der Waals surface area contributed by atoms with Crippen molar-refractivity contribution in [2.75, 3.05) is 38.2 Å². The molecule has 0 aliphatic heterocycles. The molecular weight excluding hydrogens is 270 g/mol. The van der Waals surface area contributed by atoms with Crippen molar-refractivity contribution in [3.8, 4) is 0 Å². The molecule has 0 amide bonds. The van der Waals surface area contributed by atoms with Gasteiger partial charge in [0, 0.05) is 6.54 Å². The number of nitrogen functional groups attached to an aromatic ring is 1. The van der Waals surface area contributed by atoms with E-state index in [4.69, 9.17) is 5.73 Å². The molecule has 16 heavy (non-hydrogen) atoms. The predicted molar refractivity (Wildman–Crippen MR) is 70.4 cm³/mol. The number of unbranched alkanes of at least 4 members (excludes halogenated alkanes) is 1. The molecule has 0 saturated carbocycles. The maximum Gasteiger partial charge on any atom is 0.145 e. The van der Waals surface area contributed by atoms with Gasteiger partial charge in [0.15, 0.2) is 0 Å². The molecule has 5 nitrogen and oxygen atoms in total. The molecule has 0 unspecified atom stereocenters. The topological polar surface area (TPSA) is 67.1 Å². The Morgan fingerprint density at radius 3 is 2.81 bits per heavy atom. The van der Waals surface area contributed by atoms with Crippen LogP contribution >= 0.6 is 15.9 Å². The Kier molecular flexibility index (Phi) is 5.48. The second-order valence-corrected chi connectivity index (χ2v) is 4.65. The largest absolute Gasteiger partial charge is 0.383 e. The Morgan fingerprint density at radius 1 is 1.38 bits per heavy atom. The van der Waals surface area contributed by atoms with Crippen molar-refractivity contribution in [1.29, 1.82) is 0 Å². The normalized spacial score (nSPS) is 10.8. The van der Waals surface area contributed by atoms with Crippen LogP contribution in [0.5, 0.6) is 0 Å². The molecular formula is C10H18BrN5. The van der Waals surface area contributed by atoms with E-state index in [1.165, 1.54) is 6.33 Å². The summed E-state index contributed by atoms with van der Waals surface area (Å²) >= 11 is 3.35. The van der Waals surface area contributed by atoms with Crippen molar-refractivity contribution in [3.05, 3.63) is 10.8 Å². The summed E-state index contributed by atoms with van der Waals surface area (Å²) in [6.45, 7) is 2.00. The van der Waals surface area contributed by atoms with Crippen LogP contribution in [0.3, 0.4) is 0 Å². The van der Waals surface area contributed by atoms with Gasteiger partial charge in [0.05, 0.1) is 0 Å². The van der Waals surface area contributed by atoms with Gasteiger partial charge in [-0.1, -0.05) is 0 Å². The van der Waals surface area contributed by atoms with Crippen LogP contribution in [0, 0.1) is 0 Å². The van der Waals surface area contributed by atoms with E-state index in [0.29, 0.717) is 5.82 Å². The lowest BCUT2D eigenvalue weighted by Crippen LogP contribution is -2.14. The molecule has 6 heteroatoms. The van der Waals surface area contributed by atoms with Crippen LogP contribution in [-0.4, -0.2) is 42.1 Å². The smallest absolute Gasteiger partial charge is 0.145 e. The van der Waals surface area contributed by atoms with E-state index in [0.717, 1.165) is 36.2 Å². The van der Waals surface area contributed by atoms with Crippen LogP contribution in [0.1, 0.15) is 12.8 Å². The van der Waals surface area contributed by atoms with Crippen molar-refractivity contribution < 1.29 is 0 Å². The van der Waals surface area contributed by atoms with Gasteiger partial charge in [-0.3, -0.25) is 0 Å². The van der Waals surface area contributed by atoms with Gasteiger partial charge < -0.3 is 16.0 Å². The molecule has 1 heterocycles. The third-order valence-electron chi connectivity index (χ3n) is 2.14. The van der Waals surface area contributed by atoms with Gasteiger partial charge in [-0.25, -0.2) is 9.97 Å². The second-order valence-electron chi connectivity index (χ2n) is 3.86. The summed E-state index contributed by atoms with van der Waals surface area (Å²) < 4.78 is 0.739. The summed E-state index contributed by atoms with van der Waals surface area (Å²) in [5.41, 5.74) is 5.65. The molecule has 0 atom stereocenters. The average molecular weight is 288 g/mol. The summed E-state index contributed by atoms with van der Waals surface area (Å²) in [5.74, 6) is 1.23. The quantitative estimate of drug-likeness (QED) is 0.778. The Morgan fingerprint density at radius 2 is 2.12 bits per heavy atom. The minimum atomic E-state index is 0.464. The fourth-order valence-electron chi connectivity index (χ4n) is 1.27. The highest BCUT2D eigenvalue weighted by atomic mass is 79.9. The zero-order chi connectivity index (χ0) is 12.0. The highest BCUT2D eigenvalue weighted by Crippen LogP contribution is 2.23. The molecule has 0 bridgehead atoms. The van der Waals surface area contributed by atoms with Gasteiger partial charge in [0.1, 0.15) is 22.4 Å². The lowest BCUT2D eigenvalue weighted by atomic mass is 10.3. The second kappa shape index (κ2) is 6.65. The number of hydrogen-bond acceptors (Lipinski definition) is 5. The van der Waals surface area contributed by atoms with Gasteiger partial charge >= 0.3 is 0 Å². The summed E-state index contributed by atoms with van der Waals surface area (Å²) in [7, 11) is 4.16. The zero-order valence-electron chi connectivity index (χ0n) is 9.70. The highest BCUT2D eigenvalue weighted by Gasteiger charge is 2.04. The van der Waals surface area contributed by atoms with Crippen LogP contribution in [0.25, 0.3) is 0 Å². The molecule has 1 aromatic heterocycles. The lowest BCUT2D eigenvalue weighted by molar-refractivity contribution is 0.396. The first kappa shape index (κ1) is 13.2. The minimum Gasteiger partial charge on any atom is -0.383 e. The predicted octanol–water partition coefficient (Wildman–Crippen LogP) is 1.57. The molecule has 0 aliphatic rings. The van der Waals surface area contributed by atoms with E-state index < -0.39 is 0 Å². The molecule has 0 aromatic carbocycles. The third-order valence-corrected chi connectivity index (χ3v) is 2.92. The zero-order valence-corrected chi connectivity index (χ0v) is 11.3. The minimum absolute atomic E-state index is 0.464. The van der Waals surface area contributed by atoms with E-state index >= 15 is 0 Å². The van der Waals surface area contributed by atoms with E-state index in [2.05, 4.69) is 50.2 Å².